The minimum Gasteiger partial charge on any atom is -0.444 e. The summed E-state index contributed by atoms with van der Waals surface area (Å²) in [6.45, 7) is 31.0. The average Bonchev–Trinajstić information content (AvgIpc) is 3.82. The maximum absolute atomic E-state index is 12.1. The van der Waals surface area contributed by atoms with E-state index in [1.807, 2.05) is 69.2 Å². The number of halogens is 3. The number of carbonyl (C=O) groups is 4. The fraction of sp³-hybridized carbons (Fsp3) is 0.769. The van der Waals surface area contributed by atoms with Crippen LogP contribution in [0.25, 0.3) is 0 Å². The standard InChI is InChI=1S/C15H26BNO4.C10H14F3NO5S.C9H15NO3.C4H9.CH4.Li/c1-13(2,3)19-12(18)17-9-8-11(10-17)16-20-14(4,5)15(6,7)21-16;1-9(2,3)18-8(15)14-5-4-7(6-14)19-20(16,17)10(11,12)13;1-9(2,3)13-8(12)10-5-4-7(11)6-10;1-3-4-2;;/h10H,8-9H2,1-7H3;6H,4-5H2,1-3H3;4-6H2,1-3H3;1,3-4H2,2H3;1H4;/q;;;-1;;+1. The molecule has 2 fully saturated rings. The molecular weight excluding hydrogens is 809 g/mol. The SMILES string of the molecule is C.CC(C)(C)OC(=O)N1C=C(B2OC(C)(C)C(C)(C)O2)CC1.CC(C)(C)OC(=O)N1C=C(OS(=O)(=O)C(F)(F)F)CC1.CC(C)(C)OC(=O)N1CCC(=O)C1.[CH2-]CCC.[Li+]. The summed E-state index contributed by atoms with van der Waals surface area (Å²) in [6.07, 6.45) is 4.52. The molecule has 60 heavy (non-hydrogen) atoms. The molecule has 3 amide bonds. The number of unbranched alkanes of at least 4 members (excludes halogenated alkanes) is 1. The van der Waals surface area contributed by atoms with Gasteiger partial charge in [0.2, 0.25) is 0 Å². The van der Waals surface area contributed by atoms with Gasteiger partial charge in [0, 0.05) is 44.9 Å². The van der Waals surface area contributed by atoms with E-state index in [1.54, 1.807) is 31.9 Å². The number of hydrogen-bond acceptors (Lipinski definition) is 12. The number of alkyl halides is 3. The third kappa shape index (κ3) is 20.3. The Bertz CT molecular complexity index is 1600. The molecule has 0 atom stereocenters. The van der Waals surface area contributed by atoms with Gasteiger partial charge in [-0.25, -0.2) is 14.4 Å². The predicted octanol–water partition coefficient (Wildman–Crippen LogP) is 5.93. The third-order valence-corrected chi connectivity index (χ3v) is 9.21. The van der Waals surface area contributed by atoms with E-state index in [4.69, 9.17) is 23.5 Å². The Kier molecular flexibility index (Phi) is 22.6. The summed E-state index contributed by atoms with van der Waals surface area (Å²) in [4.78, 5) is 49.9. The van der Waals surface area contributed by atoms with Crippen LogP contribution in [0.15, 0.2) is 23.6 Å². The van der Waals surface area contributed by atoms with E-state index < -0.39 is 50.4 Å². The number of carbonyl (C=O) groups excluding carboxylic acids is 4. The maximum atomic E-state index is 12.1. The molecule has 342 valence electrons. The van der Waals surface area contributed by atoms with Crippen molar-refractivity contribution in [2.24, 2.45) is 0 Å². The van der Waals surface area contributed by atoms with Crippen LogP contribution in [0.5, 0.6) is 0 Å². The van der Waals surface area contributed by atoms with Gasteiger partial charge in [0.05, 0.1) is 17.7 Å². The van der Waals surface area contributed by atoms with Gasteiger partial charge in [0.1, 0.15) is 22.6 Å². The van der Waals surface area contributed by atoms with Crippen LogP contribution in [-0.2, 0) is 42.6 Å². The Morgan fingerprint density at radius 3 is 1.53 bits per heavy atom. The van der Waals surface area contributed by atoms with Gasteiger partial charge in [0.25, 0.3) is 0 Å². The fourth-order valence-electron chi connectivity index (χ4n) is 4.58. The minimum absolute atomic E-state index is 0. The van der Waals surface area contributed by atoms with Crippen molar-refractivity contribution in [1.82, 2.24) is 14.7 Å². The second-order valence-corrected chi connectivity index (χ2v) is 19.3. The fourth-order valence-corrected chi connectivity index (χ4v) is 5.08. The molecule has 0 radical (unpaired) electrons. The van der Waals surface area contributed by atoms with Crippen LogP contribution >= 0.6 is 0 Å². The molecule has 4 aliphatic rings. The Hall–Kier alpha value is -2.92. The van der Waals surface area contributed by atoms with Gasteiger partial charge < -0.3 is 39.5 Å². The number of Topliss-reactive ketones (excluding diaryl/α,β-unsaturated/α-hetero) is 1. The summed E-state index contributed by atoms with van der Waals surface area (Å²) in [6, 6.07) is 0. The smallest absolute Gasteiger partial charge is 0.444 e. The van der Waals surface area contributed by atoms with Crippen molar-refractivity contribution in [1.29, 1.82) is 0 Å². The molecule has 4 rings (SSSR count). The average molecular weight is 878 g/mol. The van der Waals surface area contributed by atoms with Gasteiger partial charge in [0.15, 0.2) is 5.78 Å². The summed E-state index contributed by atoms with van der Waals surface area (Å²) in [5, 5.41) is 0. The van der Waals surface area contributed by atoms with Gasteiger partial charge in [-0.1, -0.05) is 20.8 Å². The number of hydrogen-bond donors (Lipinski definition) is 0. The second-order valence-electron chi connectivity index (χ2n) is 17.8. The molecule has 0 aromatic rings. The van der Waals surface area contributed by atoms with Crippen molar-refractivity contribution >= 4 is 41.3 Å². The normalized spacial score (nSPS) is 18.5. The topological polar surface area (TPSA) is 168 Å². The molecule has 0 aromatic heterocycles. The van der Waals surface area contributed by atoms with Crippen molar-refractivity contribution in [3.05, 3.63) is 30.6 Å². The number of rotatable bonds is 4. The van der Waals surface area contributed by atoms with Crippen LogP contribution in [0, 0.1) is 6.92 Å². The zero-order valence-electron chi connectivity index (χ0n) is 37.6. The summed E-state index contributed by atoms with van der Waals surface area (Å²) >= 11 is 0. The molecule has 0 aromatic carbocycles. The molecule has 2 saturated heterocycles. The van der Waals surface area contributed by atoms with Crippen LogP contribution in [0.3, 0.4) is 0 Å². The van der Waals surface area contributed by atoms with E-state index in [1.165, 1.54) is 11.3 Å². The minimum atomic E-state index is -5.71. The summed E-state index contributed by atoms with van der Waals surface area (Å²) < 4.78 is 89.4. The van der Waals surface area contributed by atoms with E-state index in [0.717, 1.165) is 29.4 Å². The van der Waals surface area contributed by atoms with Crippen LogP contribution < -0.4 is 18.9 Å². The van der Waals surface area contributed by atoms with Crippen LogP contribution in [0.4, 0.5) is 27.6 Å². The first-order chi connectivity index (χ1) is 26.0. The number of ether oxygens (including phenoxy) is 3. The third-order valence-electron chi connectivity index (χ3n) is 8.21. The first-order valence-electron chi connectivity index (χ1n) is 19.1. The van der Waals surface area contributed by atoms with E-state index in [2.05, 4.69) is 18.0 Å². The molecule has 21 heteroatoms. The summed E-state index contributed by atoms with van der Waals surface area (Å²) in [5.74, 6) is -0.362. The quantitative estimate of drug-likeness (QED) is 0.108. The van der Waals surface area contributed by atoms with Crippen LogP contribution in [0.1, 0.15) is 136 Å². The molecule has 0 aliphatic carbocycles. The van der Waals surface area contributed by atoms with Crippen molar-refractivity contribution in [3.8, 4) is 0 Å². The molecule has 0 spiro atoms. The van der Waals surface area contributed by atoms with Crippen LogP contribution in [0.2, 0.25) is 0 Å². The van der Waals surface area contributed by atoms with Crippen molar-refractivity contribution in [2.45, 2.75) is 170 Å². The monoisotopic (exact) mass is 877 g/mol. The molecule has 0 N–H and O–H groups in total. The van der Waals surface area contributed by atoms with Crippen molar-refractivity contribution in [3.63, 3.8) is 0 Å². The molecule has 0 bridgehead atoms. The van der Waals surface area contributed by atoms with E-state index in [9.17, 15) is 40.8 Å². The summed E-state index contributed by atoms with van der Waals surface area (Å²) in [7, 11) is -6.10. The van der Waals surface area contributed by atoms with Gasteiger partial charge in [-0.05, 0) is 102 Å². The zero-order chi connectivity index (χ0) is 45.3. The Balaban J connectivity index is 0. The first-order valence-corrected chi connectivity index (χ1v) is 20.5. The van der Waals surface area contributed by atoms with Crippen molar-refractivity contribution in [2.75, 3.05) is 26.2 Å². The first kappa shape index (κ1) is 59.2. The summed E-state index contributed by atoms with van der Waals surface area (Å²) in [5.41, 5.74) is -6.99. The predicted molar refractivity (Wildman–Crippen MR) is 218 cm³/mol. The van der Waals surface area contributed by atoms with Gasteiger partial charge in [-0.15, -0.1) is 0 Å². The van der Waals surface area contributed by atoms with E-state index in [-0.39, 0.29) is 76.0 Å². The van der Waals surface area contributed by atoms with Gasteiger partial charge >= 0.3 is 59.9 Å². The van der Waals surface area contributed by atoms with E-state index in [0.29, 0.717) is 19.5 Å². The largest absolute Gasteiger partial charge is 1.00 e. The molecule has 0 saturated carbocycles. The number of nitrogens with zero attached hydrogens (tertiary/aromatic N) is 3. The number of ketones is 1. The van der Waals surface area contributed by atoms with E-state index >= 15 is 0 Å². The number of likely N-dealkylation sites (tertiary alicyclic amines) is 1. The molecular formula is C39H68BF3LiN3O12S. The molecule has 15 nitrogen and oxygen atoms in total. The molecule has 4 aliphatic heterocycles. The Labute approximate surface area is 368 Å². The molecule has 0 unspecified atom stereocenters. The zero-order valence-corrected chi connectivity index (χ0v) is 38.4. The molecule has 4 heterocycles. The maximum Gasteiger partial charge on any atom is 1.00 e. The van der Waals surface area contributed by atoms with Crippen LogP contribution in [-0.4, -0.2) is 114 Å². The van der Waals surface area contributed by atoms with Gasteiger partial charge in [-0.2, -0.15) is 28.0 Å². The number of amides is 3. The Morgan fingerprint density at radius 2 is 1.17 bits per heavy atom. The van der Waals surface area contributed by atoms with Crippen molar-refractivity contribution < 1.29 is 87.3 Å². The Morgan fingerprint density at radius 1 is 0.767 bits per heavy atom. The second kappa shape index (κ2) is 23.0. The van der Waals surface area contributed by atoms with Gasteiger partial charge in [-0.3, -0.25) is 14.6 Å².